The molecule has 1 atom stereocenters. The van der Waals surface area contributed by atoms with Crippen LogP contribution in [0.5, 0.6) is 0 Å². The summed E-state index contributed by atoms with van der Waals surface area (Å²) >= 11 is 6.76. The predicted octanol–water partition coefficient (Wildman–Crippen LogP) is 1.06. The highest BCUT2D eigenvalue weighted by atomic mass is 35.5. The van der Waals surface area contributed by atoms with E-state index in [0.717, 1.165) is 11.5 Å². The van der Waals surface area contributed by atoms with Crippen molar-refractivity contribution >= 4 is 29.1 Å². The summed E-state index contributed by atoms with van der Waals surface area (Å²) in [5, 5.41) is 12.1. The van der Waals surface area contributed by atoms with Gasteiger partial charge in [0, 0.05) is 18.0 Å². The lowest BCUT2D eigenvalue weighted by molar-refractivity contribution is -0.137. The van der Waals surface area contributed by atoms with E-state index in [9.17, 15) is 4.79 Å². The Hall–Kier alpha value is -0.720. The molecule has 0 aliphatic carbocycles. The van der Waals surface area contributed by atoms with Gasteiger partial charge in [-0.3, -0.25) is 4.79 Å². The lowest BCUT2D eigenvalue weighted by Crippen LogP contribution is -2.13. The molecule has 0 saturated carbocycles. The van der Waals surface area contributed by atoms with Gasteiger partial charge < -0.3 is 10.8 Å². The smallest absolute Gasteiger partial charge is 0.303 e. The van der Waals surface area contributed by atoms with E-state index in [2.05, 4.69) is 9.59 Å². The summed E-state index contributed by atoms with van der Waals surface area (Å²) in [6.07, 6.45) is 0.329. The molecule has 3 N–H and O–H groups in total. The highest BCUT2D eigenvalue weighted by Crippen LogP contribution is 2.24. The monoisotopic (exact) mass is 221 g/mol. The minimum absolute atomic E-state index is 0.00895. The molecule has 0 amide bonds. The summed E-state index contributed by atoms with van der Waals surface area (Å²) in [6, 6.07) is -0.442. The molecule has 1 aromatic rings. The second-order valence-electron chi connectivity index (χ2n) is 2.47. The Morgan fingerprint density at radius 1 is 1.77 bits per heavy atom. The van der Waals surface area contributed by atoms with Crippen LogP contribution in [-0.4, -0.2) is 20.7 Å². The molecule has 1 unspecified atom stereocenters. The van der Waals surface area contributed by atoms with E-state index in [1.54, 1.807) is 0 Å². The number of aliphatic carboxylic acids is 1. The Morgan fingerprint density at radius 3 is 2.92 bits per heavy atom. The number of nitrogens with zero attached hydrogens (tertiary/aromatic N) is 2. The van der Waals surface area contributed by atoms with Crippen LogP contribution in [0, 0.1) is 0 Å². The van der Waals surface area contributed by atoms with Gasteiger partial charge in [-0.05, 0) is 6.42 Å². The summed E-state index contributed by atoms with van der Waals surface area (Å²) in [5.41, 5.74) is 6.12. The third-order valence-corrected chi connectivity index (χ3v) is 2.42. The molecule has 0 spiro atoms. The van der Waals surface area contributed by atoms with Gasteiger partial charge in [0.05, 0.1) is 6.04 Å². The molecule has 1 aromatic heterocycles. The summed E-state index contributed by atoms with van der Waals surface area (Å²) < 4.78 is 4.03. The summed E-state index contributed by atoms with van der Waals surface area (Å²) in [7, 11) is 0. The average Bonchev–Trinajstić information content (AvgIpc) is 2.47. The van der Waals surface area contributed by atoms with Crippen LogP contribution in [-0.2, 0) is 4.79 Å². The van der Waals surface area contributed by atoms with Crippen molar-refractivity contribution in [2.24, 2.45) is 5.73 Å². The fraction of sp³-hybridized carbons (Fsp3) is 0.500. The van der Waals surface area contributed by atoms with Crippen LogP contribution in [0.2, 0.25) is 4.34 Å². The first-order chi connectivity index (χ1) is 6.11. The molecular weight excluding hydrogens is 214 g/mol. The van der Waals surface area contributed by atoms with Crippen LogP contribution in [0.3, 0.4) is 0 Å². The standard InChI is InChI=1S/C6H8ClN3O2S/c7-6-5(9-10-13-6)3(8)1-2-4(11)12/h3H,1-2,8H2,(H,11,12). The van der Waals surface area contributed by atoms with Crippen LogP contribution in [0.1, 0.15) is 24.6 Å². The zero-order valence-corrected chi connectivity index (χ0v) is 8.18. The number of carboxylic acids is 1. The first kappa shape index (κ1) is 10.4. The SMILES string of the molecule is NC(CCC(=O)O)c1nnsc1Cl. The predicted molar refractivity (Wildman–Crippen MR) is 48.7 cm³/mol. The second kappa shape index (κ2) is 4.50. The van der Waals surface area contributed by atoms with Crippen LogP contribution in [0.4, 0.5) is 0 Å². The maximum absolute atomic E-state index is 10.2. The van der Waals surface area contributed by atoms with Crippen molar-refractivity contribution in [3.05, 3.63) is 10.0 Å². The molecule has 7 heteroatoms. The molecule has 5 nitrogen and oxygen atoms in total. The van der Waals surface area contributed by atoms with Gasteiger partial charge in [-0.25, -0.2) is 0 Å². The number of carbonyl (C=O) groups is 1. The van der Waals surface area contributed by atoms with Gasteiger partial charge in [0.1, 0.15) is 10.0 Å². The highest BCUT2D eigenvalue weighted by Gasteiger charge is 2.15. The molecule has 72 valence electrons. The molecule has 13 heavy (non-hydrogen) atoms. The van der Waals surface area contributed by atoms with Gasteiger partial charge in [0.25, 0.3) is 0 Å². The van der Waals surface area contributed by atoms with E-state index in [0.29, 0.717) is 16.5 Å². The van der Waals surface area contributed by atoms with Gasteiger partial charge in [-0.2, -0.15) is 0 Å². The van der Waals surface area contributed by atoms with E-state index in [-0.39, 0.29) is 6.42 Å². The van der Waals surface area contributed by atoms with Gasteiger partial charge in [-0.15, -0.1) is 5.10 Å². The summed E-state index contributed by atoms with van der Waals surface area (Å²) in [5.74, 6) is -0.880. The van der Waals surface area contributed by atoms with Crippen molar-refractivity contribution in [3.8, 4) is 0 Å². The number of nitrogens with two attached hydrogens (primary N) is 1. The van der Waals surface area contributed by atoms with E-state index in [1.807, 2.05) is 0 Å². The van der Waals surface area contributed by atoms with Crippen molar-refractivity contribution < 1.29 is 9.90 Å². The molecular formula is C6H8ClN3O2S. The fourth-order valence-electron chi connectivity index (χ4n) is 0.822. The van der Waals surface area contributed by atoms with E-state index in [4.69, 9.17) is 22.4 Å². The molecule has 0 aromatic carbocycles. The quantitative estimate of drug-likeness (QED) is 0.794. The molecule has 1 heterocycles. The zero-order valence-electron chi connectivity index (χ0n) is 6.61. The normalized spacial score (nSPS) is 12.8. The van der Waals surface area contributed by atoms with E-state index in [1.165, 1.54) is 0 Å². The van der Waals surface area contributed by atoms with Crippen molar-refractivity contribution in [2.45, 2.75) is 18.9 Å². The lowest BCUT2D eigenvalue weighted by atomic mass is 10.1. The molecule has 0 aliphatic heterocycles. The van der Waals surface area contributed by atoms with Gasteiger partial charge >= 0.3 is 5.97 Å². The minimum Gasteiger partial charge on any atom is -0.481 e. The Labute approximate surface area is 83.7 Å². The van der Waals surface area contributed by atoms with Gasteiger partial charge in [0.15, 0.2) is 0 Å². The second-order valence-corrected chi connectivity index (χ2v) is 3.83. The molecule has 0 radical (unpaired) electrons. The average molecular weight is 222 g/mol. The van der Waals surface area contributed by atoms with Crippen LogP contribution in [0.15, 0.2) is 0 Å². The van der Waals surface area contributed by atoms with E-state index >= 15 is 0 Å². The molecule has 0 fully saturated rings. The number of carboxylic acid groups (broad SMARTS) is 1. The Morgan fingerprint density at radius 2 is 2.46 bits per heavy atom. The number of halogens is 1. The highest BCUT2D eigenvalue weighted by molar-refractivity contribution is 7.10. The fourth-order valence-corrected chi connectivity index (χ4v) is 1.58. The third-order valence-electron chi connectivity index (χ3n) is 1.49. The molecule has 0 bridgehead atoms. The molecule has 0 saturated heterocycles. The summed E-state index contributed by atoms with van der Waals surface area (Å²) in [4.78, 5) is 10.2. The summed E-state index contributed by atoms with van der Waals surface area (Å²) in [6.45, 7) is 0. The molecule has 1 rings (SSSR count). The van der Waals surface area contributed by atoms with Crippen molar-refractivity contribution in [1.82, 2.24) is 9.59 Å². The zero-order chi connectivity index (χ0) is 9.84. The van der Waals surface area contributed by atoms with E-state index < -0.39 is 12.0 Å². The lowest BCUT2D eigenvalue weighted by Gasteiger charge is -2.05. The van der Waals surface area contributed by atoms with Crippen molar-refractivity contribution in [3.63, 3.8) is 0 Å². The first-order valence-corrected chi connectivity index (χ1v) is 4.71. The number of hydrogen-bond acceptors (Lipinski definition) is 5. The largest absolute Gasteiger partial charge is 0.481 e. The van der Waals surface area contributed by atoms with Crippen LogP contribution >= 0.6 is 23.1 Å². The first-order valence-electron chi connectivity index (χ1n) is 3.56. The minimum atomic E-state index is -0.880. The van der Waals surface area contributed by atoms with Crippen LogP contribution < -0.4 is 5.73 Å². The Balaban J connectivity index is 2.53. The maximum Gasteiger partial charge on any atom is 0.303 e. The maximum atomic E-state index is 10.2. The van der Waals surface area contributed by atoms with Crippen LogP contribution in [0.25, 0.3) is 0 Å². The third kappa shape index (κ3) is 2.91. The number of hydrogen-bond donors (Lipinski definition) is 2. The van der Waals surface area contributed by atoms with Gasteiger partial charge in [0.2, 0.25) is 0 Å². The van der Waals surface area contributed by atoms with Crippen molar-refractivity contribution in [1.29, 1.82) is 0 Å². The van der Waals surface area contributed by atoms with Crippen molar-refractivity contribution in [2.75, 3.05) is 0 Å². The number of rotatable bonds is 4. The Bertz CT molecular complexity index is 304. The molecule has 0 aliphatic rings. The topological polar surface area (TPSA) is 89.1 Å². The van der Waals surface area contributed by atoms with Gasteiger partial charge in [-0.1, -0.05) is 16.1 Å². The Kier molecular flexibility index (Phi) is 3.58. The number of aromatic nitrogens is 2.